The Kier molecular flexibility index (Phi) is 6.10. The number of halogens is 2. The molecule has 1 aromatic carbocycles. The minimum absolute atomic E-state index is 0.0243. The van der Waals surface area contributed by atoms with E-state index >= 15 is 0 Å². The van der Waals surface area contributed by atoms with Crippen molar-refractivity contribution >= 4 is 39.1 Å². The van der Waals surface area contributed by atoms with E-state index in [1.54, 1.807) is 19.1 Å². The van der Waals surface area contributed by atoms with Crippen molar-refractivity contribution < 1.29 is 17.9 Å². The second-order valence-electron chi connectivity index (χ2n) is 3.98. The summed E-state index contributed by atoms with van der Waals surface area (Å²) in [6.07, 6.45) is -0.889. The number of hydrogen-bond donors (Lipinski definition) is 1. The van der Waals surface area contributed by atoms with Gasteiger partial charge in [0.05, 0.1) is 11.5 Å². The molecule has 0 spiro atoms. The number of alkyl carbamates (subject to hydrolysis) is 1. The Morgan fingerprint density at radius 3 is 2.30 bits per heavy atom. The van der Waals surface area contributed by atoms with Gasteiger partial charge in [-0.1, -0.05) is 17.7 Å². The zero-order chi connectivity index (χ0) is 15.3. The molecule has 20 heavy (non-hydrogen) atoms. The van der Waals surface area contributed by atoms with Crippen molar-refractivity contribution in [3.05, 3.63) is 29.8 Å². The number of sulfone groups is 1. The third-order valence-corrected chi connectivity index (χ3v) is 5.24. The Morgan fingerprint density at radius 2 is 1.85 bits per heavy atom. The molecule has 0 heterocycles. The summed E-state index contributed by atoms with van der Waals surface area (Å²) in [5.41, 5.74) is 0.909. The van der Waals surface area contributed by atoms with Gasteiger partial charge in [-0.15, -0.1) is 23.2 Å². The van der Waals surface area contributed by atoms with E-state index in [2.05, 4.69) is 10.1 Å². The van der Waals surface area contributed by atoms with E-state index < -0.39 is 26.1 Å². The SMILES string of the molecule is CCOC(=O)N[C@H](C(Cl)Cl)S(=O)(=O)c1ccc(C)cc1. The fourth-order valence-electron chi connectivity index (χ4n) is 1.44. The van der Waals surface area contributed by atoms with Crippen LogP contribution in [0.25, 0.3) is 0 Å². The smallest absolute Gasteiger partial charge is 0.408 e. The molecule has 0 saturated carbocycles. The van der Waals surface area contributed by atoms with Gasteiger partial charge in [-0.3, -0.25) is 0 Å². The highest BCUT2D eigenvalue weighted by Crippen LogP contribution is 2.22. The molecule has 112 valence electrons. The third-order valence-electron chi connectivity index (χ3n) is 2.45. The molecule has 0 aromatic heterocycles. The molecule has 5 nitrogen and oxygen atoms in total. The molecule has 1 N–H and O–H groups in total. The van der Waals surface area contributed by atoms with E-state index in [4.69, 9.17) is 23.2 Å². The monoisotopic (exact) mass is 339 g/mol. The molecule has 0 aliphatic carbocycles. The summed E-state index contributed by atoms with van der Waals surface area (Å²) in [7, 11) is -3.91. The first-order valence-electron chi connectivity index (χ1n) is 5.81. The lowest BCUT2D eigenvalue weighted by Gasteiger charge is -2.19. The Balaban J connectivity index is 3.06. The number of rotatable bonds is 5. The molecule has 8 heteroatoms. The molecule has 1 aromatic rings. The molecule has 0 bridgehead atoms. The normalized spacial score (nSPS) is 13.1. The average molecular weight is 340 g/mol. The van der Waals surface area contributed by atoms with Crippen LogP contribution in [0.15, 0.2) is 29.2 Å². The largest absolute Gasteiger partial charge is 0.450 e. The van der Waals surface area contributed by atoms with Gasteiger partial charge in [-0.05, 0) is 26.0 Å². The van der Waals surface area contributed by atoms with Crippen LogP contribution >= 0.6 is 23.2 Å². The summed E-state index contributed by atoms with van der Waals surface area (Å²) in [4.78, 5) is 10.1. The van der Waals surface area contributed by atoms with E-state index in [0.29, 0.717) is 0 Å². The Morgan fingerprint density at radius 1 is 1.30 bits per heavy atom. The summed E-state index contributed by atoms with van der Waals surface area (Å²) < 4.78 is 29.4. The first-order chi connectivity index (χ1) is 9.28. The van der Waals surface area contributed by atoms with E-state index in [0.717, 1.165) is 5.56 Å². The predicted molar refractivity (Wildman–Crippen MR) is 77.8 cm³/mol. The summed E-state index contributed by atoms with van der Waals surface area (Å²) in [5, 5.41) is 0.679. The van der Waals surface area contributed by atoms with Crippen LogP contribution in [0.1, 0.15) is 12.5 Å². The van der Waals surface area contributed by atoms with Gasteiger partial charge in [0.1, 0.15) is 4.84 Å². The third kappa shape index (κ3) is 4.26. The highest BCUT2D eigenvalue weighted by Gasteiger charge is 2.34. The standard InChI is InChI=1S/C12H15Cl2NO4S/c1-3-19-12(16)15-11(10(13)14)20(17,18)9-6-4-8(2)5-7-9/h4-7,10-11H,3H2,1-2H3,(H,15,16)/t11-/m0/s1. The maximum Gasteiger partial charge on any atom is 0.408 e. The van der Waals surface area contributed by atoms with Gasteiger partial charge >= 0.3 is 6.09 Å². The molecule has 1 rings (SSSR count). The van der Waals surface area contributed by atoms with Gasteiger partial charge in [0, 0.05) is 0 Å². The van der Waals surface area contributed by atoms with Crippen molar-refractivity contribution in [1.29, 1.82) is 0 Å². The van der Waals surface area contributed by atoms with E-state index in [-0.39, 0.29) is 11.5 Å². The molecule has 1 amide bonds. The number of aryl methyl sites for hydroxylation is 1. The quantitative estimate of drug-likeness (QED) is 0.837. The van der Waals surface area contributed by atoms with Crippen molar-refractivity contribution in [2.45, 2.75) is 29.0 Å². The molecule has 0 saturated heterocycles. The summed E-state index contributed by atoms with van der Waals surface area (Å²) in [5.74, 6) is 0. The first-order valence-corrected chi connectivity index (χ1v) is 8.23. The van der Waals surface area contributed by atoms with Gasteiger partial charge in [-0.2, -0.15) is 0 Å². The van der Waals surface area contributed by atoms with Gasteiger partial charge in [0.25, 0.3) is 0 Å². The zero-order valence-electron chi connectivity index (χ0n) is 11.0. The zero-order valence-corrected chi connectivity index (χ0v) is 13.3. The van der Waals surface area contributed by atoms with E-state index in [9.17, 15) is 13.2 Å². The van der Waals surface area contributed by atoms with Crippen LogP contribution in [0.4, 0.5) is 4.79 Å². The average Bonchev–Trinajstić information content (AvgIpc) is 2.36. The van der Waals surface area contributed by atoms with Gasteiger partial charge in [0.2, 0.25) is 9.84 Å². The predicted octanol–water partition coefficient (Wildman–Crippen LogP) is 2.64. The summed E-state index contributed by atoms with van der Waals surface area (Å²) in [6.45, 7) is 3.54. The summed E-state index contributed by atoms with van der Waals surface area (Å²) >= 11 is 11.3. The number of nitrogens with one attached hydrogen (secondary N) is 1. The molecular formula is C12H15Cl2NO4S. The van der Waals surface area contributed by atoms with Crippen LogP contribution in [-0.4, -0.2) is 31.3 Å². The molecule has 0 unspecified atom stereocenters. The summed E-state index contributed by atoms with van der Waals surface area (Å²) in [6, 6.07) is 6.15. The molecule has 0 aliphatic heterocycles. The lowest BCUT2D eigenvalue weighted by molar-refractivity contribution is 0.151. The fraction of sp³-hybridized carbons (Fsp3) is 0.417. The second kappa shape index (κ2) is 7.15. The Labute approximate surface area is 128 Å². The van der Waals surface area contributed by atoms with Crippen LogP contribution in [0.2, 0.25) is 0 Å². The molecule has 0 radical (unpaired) electrons. The Hall–Kier alpha value is -0.980. The lowest BCUT2D eigenvalue weighted by Crippen LogP contribution is -2.45. The number of hydrogen-bond acceptors (Lipinski definition) is 4. The van der Waals surface area contributed by atoms with Crippen molar-refractivity contribution in [3.8, 4) is 0 Å². The highest BCUT2D eigenvalue weighted by atomic mass is 35.5. The number of benzene rings is 1. The van der Waals surface area contributed by atoms with Crippen molar-refractivity contribution in [2.75, 3.05) is 6.61 Å². The topological polar surface area (TPSA) is 72.5 Å². The maximum absolute atomic E-state index is 12.4. The highest BCUT2D eigenvalue weighted by molar-refractivity contribution is 7.92. The number of alkyl halides is 2. The fourth-order valence-corrected chi connectivity index (χ4v) is 3.71. The van der Waals surface area contributed by atoms with Gasteiger partial charge in [0.15, 0.2) is 5.37 Å². The molecule has 0 aliphatic rings. The number of carbonyl (C=O) groups is 1. The molecular weight excluding hydrogens is 325 g/mol. The minimum atomic E-state index is -3.91. The van der Waals surface area contributed by atoms with Crippen LogP contribution in [0.3, 0.4) is 0 Å². The van der Waals surface area contributed by atoms with Gasteiger partial charge in [-0.25, -0.2) is 13.2 Å². The van der Waals surface area contributed by atoms with Crippen molar-refractivity contribution in [1.82, 2.24) is 5.32 Å². The van der Waals surface area contributed by atoms with Crippen LogP contribution < -0.4 is 5.32 Å². The first kappa shape index (κ1) is 17.1. The van der Waals surface area contributed by atoms with Gasteiger partial charge < -0.3 is 10.1 Å². The Bertz CT molecular complexity index is 557. The molecule has 1 atom stereocenters. The van der Waals surface area contributed by atoms with Crippen LogP contribution in [0.5, 0.6) is 0 Å². The second-order valence-corrected chi connectivity index (χ2v) is 7.21. The van der Waals surface area contributed by atoms with E-state index in [1.807, 2.05) is 6.92 Å². The maximum atomic E-state index is 12.4. The lowest BCUT2D eigenvalue weighted by atomic mass is 10.2. The number of amides is 1. The van der Waals surface area contributed by atoms with Crippen molar-refractivity contribution in [3.63, 3.8) is 0 Å². The van der Waals surface area contributed by atoms with Crippen LogP contribution in [-0.2, 0) is 14.6 Å². The molecule has 0 fully saturated rings. The number of ether oxygens (including phenoxy) is 1. The van der Waals surface area contributed by atoms with E-state index in [1.165, 1.54) is 12.1 Å². The number of carbonyl (C=O) groups excluding carboxylic acids is 1. The van der Waals surface area contributed by atoms with Crippen LogP contribution in [0, 0.1) is 6.92 Å². The minimum Gasteiger partial charge on any atom is -0.450 e. The van der Waals surface area contributed by atoms with Crippen molar-refractivity contribution in [2.24, 2.45) is 0 Å².